The summed E-state index contributed by atoms with van der Waals surface area (Å²) in [5, 5.41) is 3.06. The largest absolute Gasteiger partial charge is 0.354 e. The van der Waals surface area contributed by atoms with Crippen molar-refractivity contribution in [2.75, 3.05) is 6.54 Å². The number of nitrogens with one attached hydrogen (secondary N) is 1. The van der Waals surface area contributed by atoms with Crippen LogP contribution in [0.15, 0.2) is 24.3 Å². The van der Waals surface area contributed by atoms with E-state index in [4.69, 9.17) is 11.6 Å². The van der Waals surface area contributed by atoms with Crippen LogP contribution in [0.2, 0.25) is 0 Å². The number of hydrogen-bond acceptors (Lipinski definition) is 1. The minimum Gasteiger partial charge on any atom is -0.354 e. The molecule has 0 fully saturated rings. The van der Waals surface area contributed by atoms with Gasteiger partial charge in [0, 0.05) is 12.5 Å². The van der Waals surface area contributed by atoms with Crippen molar-refractivity contribution in [2.45, 2.75) is 44.4 Å². The molecule has 1 aliphatic carbocycles. The maximum atomic E-state index is 12.1. The summed E-state index contributed by atoms with van der Waals surface area (Å²) in [4.78, 5) is 12.1. The van der Waals surface area contributed by atoms with E-state index in [0.29, 0.717) is 6.54 Å². The van der Waals surface area contributed by atoms with Crippen molar-refractivity contribution >= 4 is 17.5 Å². The van der Waals surface area contributed by atoms with Crippen LogP contribution in [0.1, 0.15) is 37.3 Å². The summed E-state index contributed by atoms with van der Waals surface area (Å²) < 4.78 is 0. The minimum absolute atomic E-state index is 0.0600. The molecule has 3 heteroatoms. The van der Waals surface area contributed by atoms with Gasteiger partial charge in [-0.25, -0.2) is 0 Å². The Morgan fingerprint density at radius 3 is 2.89 bits per heavy atom. The van der Waals surface area contributed by atoms with Crippen molar-refractivity contribution in [2.24, 2.45) is 5.92 Å². The summed E-state index contributed by atoms with van der Waals surface area (Å²) in [7, 11) is 0. The van der Waals surface area contributed by atoms with Crippen molar-refractivity contribution in [3.05, 3.63) is 35.4 Å². The number of benzene rings is 1. The molecule has 0 saturated carbocycles. The number of hydrogen-bond donors (Lipinski definition) is 1. The van der Waals surface area contributed by atoms with E-state index in [9.17, 15) is 4.79 Å². The molecule has 1 aromatic carbocycles. The Bertz CT molecular complexity index is 433. The lowest BCUT2D eigenvalue weighted by molar-refractivity contribution is -0.125. The van der Waals surface area contributed by atoms with Crippen LogP contribution in [-0.2, 0) is 17.6 Å². The van der Waals surface area contributed by atoms with E-state index in [1.807, 2.05) is 0 Å². The molecule has 0 aromatic heterocycles. The molecule has 0 heterocycles. The number of amides is 1. The number of aryl methyl sites for hydroxylation is 1. The highest BCUT2D eigenvalue weighted by Crippen LogP contribution is 2.25. The fraction of sp³-hybridized carbons (Fsp3) is 0.562. The van der Waals surface area contributed by atoms with E-state index in [2.05, 4.69) is 36.5 Å². The summed E-state index contributed by atoms with van der Waals surface area (Å²) in [5.41, 5.74) is 2.72. The Morgan fingerprint density at radius 2 is 2.16 bits per heavy atom. The van der Waals surface area contributed by atoms with E-state index < -0.39 is 0 Å². The van der Waals surface area contributed by atoms with Crippen LogP contribution in [0.3, 0.4) is 0 Å². The number of alkyl halides is 1. The second-order valence-electron chi connectivity index (χ2n) is 5.34. The predicted molar refractivity (Wildman–Crippen MR) is 79.5 cm³/mol. The highest BCUT2D eigenvalue weighted by atomic mass is 35.5. The Morgan fingerprint density at radius 1 is 1.42 bits per heavy atom. The Balaban J connectivity index is 1.85. The fourth-order valence-corrected chi connectivity index (χ4v) is 2.99. The van der Waals surface area contributed by atoms with Crippen LogP contribution in [0.5, 0.6) is 0 Å². The van der Waals surface area contributed by atoms with E-state index in [0.717, 1.165) is 32.1 Å². The first-order chi connectivity index (χ1) is 9.20. The van der Waals surface area contributed by atoms with Crippen molar-refractivity contribution in [1.82, 2.24) is 5.32 Å². The fourth-order valence-electron chi connectivity index (χ4n) is 2.69. The summed E-state index contributed by atoms with van der Waals surface area (Å²) in [5.74, 6) is 0.275. The van der Waals surface area contributed by atoms with Gasteiger partial charge < -0.3 is 5.32 Å². The summed E-state index contributed by atoms with van der Waals surface area (Å²) in [6.07, 6.45) is 4.83. The maximum Gasteiger partial charge on any atom is 0.223 e. The van der Waals surface area contributed by atoms with Gasteiger partial charge in [0.2, 0.25) is 5.91 Å². The Hall–Kier alpha value is -1.02. The van der Waals surface area contributed by atoms with Crippen LogP contribution >= 0.6 is 11.6 Å². The molecule has 2 nitrogen and oxygen atoms in total. The third kappa shape index (κ3) is 3.97. The van der Waals surface area contributed by atoms with Crippen molar-refractivity contribution < 1.29 is 4.79 Å². The van der Waals surface area contributed by atoms with E-state index in [1.165, 1.54) is 11.1 Å². The van der Waals surface area contributed by atoms with Gasteiger partial charge in [-0.05, 0) is 36.8 Å². The summed E-state index contributed by atoms with van der Waals surface area (Å²) in [6.45, 7) is 2.70. The van der Waals surface area contributed by atoms with Crippen molar-refractivity contribution in [3.63, 3.8) is 0 Å². The minimum atomic E-state index is 0.0600. The molecule has 1 N–H and O–H groups in total. The maximum absolute atomic E-state index is 12.1. The molecule has 2 rings (SSSR count). The number of halogens is 1. The van der Waals surface area contributed by atoms with Gasteiger partial charge >= 0.3 is 0 Å². The zero-order valence-corrected chi connectivity index (χ0v) is 12.2. The Labute approximate surface area is 120 Å². The van der Waals surface area contributed by atoms with Gasteiger partial charge in [-0.2, -0.15) is 0 Å². The van der Waals surface area contributed by atoms with Gasteiger partial charge in [-0.1, -0.05) is 37.6 Å². The topological polar surface area (TPSA) is 29.1 Å². The molecule has 0 aliphatic heterocycles. The second-order valence-corrected chi connectivity index (χ2v) is 5.96. The quantitative estimate of drug-likeness (QED) is 0.823. The zero-order valence-electron chi connectivity index (χ0n) is 11.5. The molecule has 104 valence electrons. The first kappa shape index (κ1) is 14.4. The highest BCUT2D eigenvalue weighted by Gasteiger charge is 2.24. The predicted octanol–water partition coefficient (Wildman–Crippen LogP) is 3.32. The lowest BCUT2D eigenvalue weighted by Crippen LogP contribution is -2.37. The summed E-state index contributed by atoms with van der Waals surface area (Å²) in [6, 6.07) is 8.42. The third-order valence-corrected chi connectivity index (χ3v) is 4.19. The lowest BCUT2D eigenvalue weighted by Gasteiger charge is -2.24. The molecule has 19 heavy (non-hydrogen) atoms. The van der Waals surface area contributed by atoms with Gasteiger partial charge in [0.15, 0.2) is 0 Å². The molecule has 2 unspecified atom stereocenters. The smallest absolute Gasteiger partial charge is 0.223 e. The van der Waals surface area contributed by atoms with Gasteiger partial charge in [-0.15, -0.1) is 11.6 Å². The number of fused-ring (bicyclic) bond motifs is 1. The van der Waals surface area contributed by atoms with Gasteiger partial charge in [-0.3, -0.25) is 4.79 Å². The van der Waals surface area contributed by atoms with Crippen LogP contribution in [0.25, 0.3) is 0 Å². The number of rotatable bonds is 5. The first-order valence-corrected chi connectivity index (χ1v) is 7.63. The van der Waals surface area contributed by atoms with Crippen molar-refractivity contribution in [1.29, 1.82) is 0 Å². The van der Waals surface area contributed by atoms with Crippen LogP contribution < -0.4 is 5.32 Å². The zero-order chi connectivity index (χ0) is 13.7. The normalized spacial score (nSPS) is 19.6. The average molecular weight is 280 g/mol. The molecule has 1 aromatic rings. The number of carbonyl (C=O) groups excluding carboxylic acids is 1. The lowest BCUT2D eigenvalue weighted by atomic mass is 9.83. The van der Waals surface area contributed by atoms with Crippen LogP contribution in [0, 0.1) is 5.92 Å². The van der Waals surface area contributed by atoms with Gasteiger partial charge in [0.1, 0.15) is 0 Å². The van der Waals surface area contributed by atoms with Crippen LogP contribution in [-0.4, -0.2) is 17.8 Å². The molecule has 1 aliphatic rings. The molecule has 0 bridgehead atoms. The number of carbonyl (C=O) groups is 1. The van der Waals surface area contributed by atoms with E-state index in [1.54, 1.807) is 0 Å². The van der Waals surface area contributed by atoms with E-state index in [-0.39, 0.29) is 17.2 Å². The molecule has 0 spiro atoms. The molecule has 2 atom stereocenters. The Kier molecular flexibility index (Phi) is 5.26. The van der Waals surface area contributed by atoms with Gasteiger partial charge in [0.25, 0.3) is 0 Å². The average Bonchev–Trinajstić information content (AvgIpc) is 2.44. The second kappa shape index (κ2) is 6.95. The third-order valence-electron chi connectivity index (χ3n) is 3.82. The summed E-state index contributed by atoms with van der Waals surface area (Å²) >= 11 is 6.13. The molecular weight excluding hydrogens is 258 g/mol. The van der Waals surface area contributed by atoms with Gasteiger partial charge in [0.05, 0.1) is 5.38 Å². The van der Waals surface area contributed by atoms with Crippen molar-refractivity contribution in [3.8, 4) is 0 Å². The van der Waals surface area contributed by atoms with E-state index >= 15 is 0 Å². The standard InChI is InChI=1S/C16H22ClNO/c1-2-5-15(17)11-18-16(19)14-9-8-12-6-3-4-7-13(12)10-14/h3-4,6-7,14-15H,2,5,8-11H2,1H3,(H,18,19). The first-order valence-electron chi connectivity index (χ1n) is 7.19. The molecule has 1 amide bonds. The SMILES string of the molecule is CCCC(Cl)CNC(=O)C1CCc2ccccc2C1. The molecule has 0 radical (unpaired) electrons. The molecule has 0 saturated heterocycles. The molecular formula is C16H22ClNO. The highest BCUT2D eigenvalue weighted by molar-refractivity contribution is 6.20. The monoisotopic (exact) mass is 279 g/mol. The van der Waals surface area contributed by atoms with Crippen LogP contribution in [0.4, 0.5) is 0 Å².